The summed E-state index contributed by atoms with van der Waals surface area (Å²) >= 11 is 11.3. The van der Waals surface area contributed by atoms with Gasteiger partial charge in [0, 0.05) is 26.7 Å². The molecular formula is C31H24BrClN4O2S. The Morgan fingerprint density at radius 3 is 2.50 bits per heavy atom. The molecule has 1 heterocycles. The normalized spacial score (nSPS) is 11.0. The number of carbonyl (C=O) groups excluding carboxylic acids is 1. The molecular weight excluding hydrogens is 608 g/mol. The maximum atomic E-state index is 12.6. The predicted molar refractivity (Wildman–Crippen MR) is 167 cm³/mol. The minimum Gasteiger partial charge on any atom is -0.487 e. The third kappa shape index (κ3) is 7.35. The molecule has 0 bridgehead atoms. The molecule has 1 amide bonds. The molecule has 200 valence electrons. The van der Waals surface area contributed by atoms with Crippen molar-refractivity contribution < 1.29 is 9.53 Å². The van der Waals surface area contributed by atoms with Crippen LogP contribution in [-0.2, 0) is 6.61 Å². The highest BCUT2D eigenvalue weighted by atomic mass is 79.9. The quantitative estimate of drug-likeness (QED) is 0.126. The molecule has 9 heteroatoms. The maximum Gasteiger partial charge on any atom is 0.271 e. The Morgan fingerprint density at radius 1 is 1.02 bits per heavy atom. The number of hydrogen-bond donors (Lipinski definition) is 2. The van der Waals surface area contributed by atoms with Crippen molar-refractivity contribution in [3.8, 4) is 17.0 Å². The van der Waals surface area contributed by atoms with Gasteiger partial charge < -0.3 is 10.1 Å². The number of aryl methyl sites for hydroxylation is 1. The Kier molecular flexibility index (Phi) is 8.91. The van der Waals surface area contributed by atoms with Crippen LogP contribution in [0.4, 0.5) is 10.8 Å². The van der Waals surface area contributed by atoms with Gasteiger partial charge in [0.2, 0.25) is 0 Å². The van der Waals surface area contributed by atoms with E-state index < -0.39 is 0 Å². The molecule has 0 unspecified atom stereocenters. The van der Waals surface area contributed by atoms with E-state index >= 15 is 0 Å². The molecule has 0 aliphatic heterocycles. The van der Waals surface area contributed by atoms with Gasteiger partial charge in [0.25, 0.3) is 5.91 Å². The van der Waals surface area contributed by atoms with E-state index in [0.29, 0.717) is 22.9 Å². The number of nitrogens with zero attached hydrogens (tertiary/aromatic N) is 2. The fourth-order valence-electron chi connectivity index (χ4n) is 3.70. The smallest absolute Gasteiger partial charge is 0.271 e. The number of hydrogen-bond acceptors (Lipinski definition) is 6. The Balaban J connectivity index is 1.14. The molecule has 40 heavy (non-hydrogen) atoms. The van der Waals surface area contributed by atoms with Crippen LogP contribution in [0.5, 0.6) is 5.75 Å². The second kappa shape index (κ2) is 12.9. The van der Waals surface area contributed by atoms with E-state index in [9.17, 15) is 4.79 Å². The minimum absolute atomic E-state index is 0.316. The number of halogens is 2. The van der Waals surface area contributed by atoms with E-state index in [4.69, 9.17) is 16.3 Å². The molecule has 0 radical (unpaired) electrons. The first-order valence-corrected chi connectivity index (χ1v) is 14.4. The van der Waals surface area contributed by atoms with Crippen LogP contribution in [0.15, 0.2) is 106 Å². The zero-order valence-corrected chi connectivity index (χ0v) is 24.6. The van der Waals surface area contributed by atoms with Crippen molar-refractivity contribution in [3.63, 3.8) is 0 Å². The summed E-state index contributed by atoms with van der Waals surface area (Å²) in [5, 5.41) is 10.6. The third-order valence-electron chi connectivity index (χ3n) is 5.89. The Labute approximate surface area is 249 Å². The van der Waals surface area contributed by atoms with Gasteiger partial charge in [0.05, 0.1) is 16.9 Å². The molecule has 5 aromatic rings. The molecule has 1 aromatic heterocycles. The number of rotatable bonds is 9. The fourth-order valence-corrected chi connectivity index (χ4v) is 4.95. The summed E-state index contributed by atoms with van der Waals surface area (Å²) < 4.78 is 6.84. The summed E-state index contributed by atoms with van der Waals surface area (Å²) in [7, 11) is 0. The van der Waals surface area contributed by atoms with Crippen LogP contribution in [0, 0.1) is 6.92 Å². The first kappa shape index (κ1) is 27.6. The van der Waals surface area contributed by atoms with Gasteiger partial charge in [0.15, 0.2) is 5.13 Å². The van der Waals surface area contributed by atoms with Crippen LogP contribution < -0.4 is 15.5 Å². The summed E-state index contributed by atoms with van der Waals surface area (Å²) in [6.07, 6.45) is 1.54. The van der Waals surface area contributed by atoms with Crippen LogP contribution in [0.3, 0.4) is 0 Å². The van der Waals surface area contributed by atoms with Crippen LogP contribution in [0.1, 0.15) is 27.0 Å². The van der Waals surface area contributed by atoms with Crippen molar-refractivity contribution >= 4 is 61.8 Å². The zero-order chi connectivity index (χ0) is 27.9. The van der Waals surface area contributed by atoms with Gasteiger partial charge in [-0.3, -0.25) is 4.79 Å². The van der Waals surface area contributed by atoms with E-state index in [1.165, 1.54) is 23.1 Å². The summed E-state index contributed by atoms with van der Waals surface area (Å²) in [5.41, 5.74) is 8.77. The molecule has 0 aliphatic carbocycles. The van der Waals surface area contributed by atoms with Gasteiger partial charge in [-0.15, -0.1) is 11.3 Å². The van der Waals surface area contributed by atoms with Gasteiger partial charge in [-0.25, -0.2) is 10.4 Å². The standard InChI is InChI=1S/C31H24BrClN4O2S/c1-20-2-13-26(14-3-20)35-31-36-28(19-40-31)23-7-9-24(10-8-23)30(38)37-34-17-22-6-15-29(27(33)16-22)39-18-21-4-11-25(32)12-5-21/h2-17,19H,18H2,1H3,(H,35,36)(H,37,38)/b34-17-. The molecule has 0 fully saturated rings. The average molecular weight is 632 g/mol. The van der Waals surface area contributed by atoms with Crippen LogP contribution in [0.25, 0.3) is 11.3 Å². The lowest BCUT2D eigenvalue weighted by atomic mass is 10.1. The number of thiazole rings is 1. The third-order valence-corrected chi connectivity index (χ3v) is 7.47. The van der Waals surface area contributed by atoms with Crippen LogP contribution in [0.2, 0.25) is 5.02 Å². The second-order valence-electron chi connectivity index (χ2n) is 8.91. The van der Waals surface area contributed by atoms with Crippen molar-refractivity contribution in [2.45, 2.75) is 13.5 Å². The van der Waals surface area contributed by atoms with Gasteiger partial charge >= 0.3 is 0 Å². The largest absolute Gasteiger partial charge is 0.487 e. The van der Waals surface area contributed by atoms with Crippen molar-refractivity contribution in [1.82, 2.24) is 10.4 Å². The topological polar surface area (TPSA) is 75.6 Å². The Hall–Kier alpha value is -3.98. The number of amides is 1. The highest BCUT2D eigenvalue weighted by molar-refractivity contribution is 9.10. The minimum atomic E-state index is -0.316. The number of carbonyl (C=O) groups is 1. The van der Waals surface area contributed by atoms with Crippen LogP contribution >= 0.6 is 38.9 Å². The number of benzene rings is 4. The molecule has 5 rings (SSSR count). The van der Waals surface area contributed by atoms with E-state index in [1.807, 2.05) is 60.0 Å². The van der Waals surface area contributed by atoms with Gasteiger partial charge in [-0.05, 0) is 72.6 Å². The van der Waals surface area contributed by atoms with E-state index in [1.54, 1.807) is 24.3 Å². The molecule has 0 saturated heterocycles. The Bertz CT molecular complexity index is 1640. The summed E-state index contributed by atoms with van der Waals surface area (Å²) in [5.74, 6) is 0.257. The monoisotopic (exact) mass is 630 g/mol. The van der Waals surface area contributed by atoms with Gasteiger partial charge in [-0.2, -0.15) is 5.10 Å². The number of nitrogens with one attached hydrogen (secondary N) is 2. The SMILES string of the molecule is Cc1ccc(Nc2nc(-c3ccc(C(=O)N/N=C\c4ccc(OCc5ccc(Br)cc5)c(Cl)c4)cc3)cs2)cc1. The van der Waals surface area contributed by atoms with Crippen molar-refractivity contribution in [2.24, 2.45) is 5.10 Å². The zero-order valence-electron chi connectivity index (χ0n) is 21.4. The van der Waals surface area contributed by atoms with E-state index in [-0.39, 0.29) is 5.91 Å². The predicted octanol–water partition coefficient (Wildman–Crippen LogP) is 8.62. The van der Waals surface area contributed by atoms with Crippen molar-refractivity contribution in [1.29, 1.82) is 0 Å². The first-order chi connectivity index (χ1) is 19.4. The number of aromatic nitrogens is 1. The molecule has 0 saturated carbocycles. The van der Waals surface area contributed by atoms with Gasteiger partial charge in [-0.1, -0.05) is 69.5 Å². The van der Waals surface area contributed by atoms with Crippen molar-refractivity contribution in [2.75, 3.05) is 5.32 Å². The average Bonchev–Trinajstić information content (AvgIpc) is 3.43. The number of anilines is 2. The van der Waals surface area contributed by atoms with Crippen molar-refractivity contribution in [3.05, 3.63) is 128 Å². The van der Waals surface area contributed by atoms with Crippen LogP contribution in [-0.4, -0.2) is 17.1 Å². The second-order valence-corrected chi connectivity index (χ2v) is 11.1. The fraction of sp³-hybridized carbons (Fsp3) is 0.0645. The molecule has 0 atom stereocenters. The highest BCUT2D eigenvalue weighted by Gasteiger charge is 2.09. The number of ether oxygens (including phenoxy) is 1. The lowest BCUT2D eigenvalue weighted by molar-refractivity contribution is 0.0955. The molecule has 4 aromatic carbocycles. The molecule has 0 spiro atoms. The highest BCUT2D eigenvalue weighted by Crippen LogP contribution is 2.28. The Morgan fingerprint density at radius 2 is 1.77 bits per heavy atom. The van der Waals surface area contributed by atoms with Gasteiger partial charge in [0.1, 0.15) is 12.4 Å². The number of hydrazone groups is 1. The summed E-state index contributed by atoms with van der Waals surface area (Å²) in [4.78, 5) is 17.2. The lowest BCUT2D eigenvalue weighted by Crippen LogP contribution is -2.17. The van der Waals surface area contributed by atoms with E-state index in [0.717, 1.165) is 37.7 Å². The molecule has 2 N–H and O–H groups in total. The summed E-state index contributed by atoms with van der Waals surface area (Å²) in [6, 6.07) is 28.6. The maximum absolute atomic E-state index is 12.6. The molecule has 6 nitrogen and oxygen atoms in total. The lowest BCUT2D eigenvalue weighted by Gasteiger charge is -2.09. The molecule has 0 aliphatic rings. The van der Waals surface area contributed by atoms with E-state index in [2.05, 4.69) is 55.8 Å². The first-order valence-electron chi connectivity index (χ1n) is 12.3. The summed E-state index contributed by atoms with van der Waals surface area (Å²) in [6.45, 7) is 2.46.